The molecule has 7 nitrogen and oxygen atoms in total. The topological polar surface area (TPSA) is 98.2 Å². The van der Waals surface area contributed by atoms with E-state index in [0.29, 0.717) is 10.2 Å². The molecule has 2 aromatic rings. The first kappa shape index (κ1) is 11.4. The lowest BCUT2D eigenvalue weighted by molar-refractivity contribution is 0.281. The lowest BCUT2D eigenvalue weighted by Crippen LogP contribution is -2.40. The van der Waals surface area contributed by atoms with Crippen molar-refractivity contribution in [1.82, 2.24) is 9.71 Å². The third-order valence-electron chi connectivity index (χ3n) is 1.96. The van der Waals surface area contributed by atoms with Crippen LogP contribution in [-0.4, -0.2) is 24.4 Å². The van der Waals surface area contributed by atoms with Crippen LogP contribution in [0.5, 0.6) is 0 Å². The standard InChI is InChI=1S/C9H8N2O5S/c1-17(14,15)16-11-7-5-3-2-4-6(7)10-8(12)9(11)13/h2-5H,1H3,(H,10,12). The van der Waals surface area contributed by atoms with Crippen LogP contribution in [0.4, 0.5) is 0 Å². The Morgan fingerprint density at radius 3 is 2.53 bits per heavy atom. The molecule has 0 aliphatic heterocycles. The van der Waals surface area contributed by atoms with Crippen LogP contribution in [0.25, 0.3) is 11.0 Å². The Hall–Kier alpha value is -2.09. The van der Waals surface area contributed by atoms with Crippen LogP contribution in [0.1, 0.15) is 0 Å². The zero-order valence-electron chi connectivity index (χ0n) is 8.71. The van der Waals surface area contributed by atoms with Crippen molar-refractivity contribution in [3.05, 3.63) is 45.0 Å². The molecule has 8 heteroatoms. The van der Waals surface area contributed by atoms with Crippen molar-refractivity contribution in [2.24, 2.45) is 0 Å². The van der Waals surface area contributed by atoms with Crippen LogP contribution in [0, 0.1) is 0 Å². The minimum absolute atomic E-state index is 0.169. The van der Waals surface area contributed by atoms with E-state index in [1.54, 1.807) is 12.1 Å². The molecule has 0 radical (unpaired) electrons. The molecule has 17 heavy (non-hydrogen) atoms. The number of para-hydroxylation sites is 2. The number of nitrogens with one attached hydrogen (secondary N) is 1. The molecule has 0 bridgehead atoms. The molecule has 1 heterocycles. The number of rotatable bonds is 2. The van der Waals surface area contributed by atoms with Crippen molar-refractivity contribution in [3.63, 3.8) is 0 Å². The van der Waals surface area contributed by atoms with Gasteiger partial charge in [0.1, 0.15) is 5.52 Å². The maximum Gasteiger partial charge on any atom is 0.350 e. The number of H-pyrrole nitrogens is 1. The maximum atomic E-state index is 11.5. The minimum Gasteiger partial charge on any atom is -0.316 e. The second kappa shape index (κ2) is 3.74. The van der Waals surface area contributed by atoms with E-state index >= 15 is 0 Å². The van der Waals surface area contributed by atoms with Gasteiger partial charge in [-0.05, 0) is 12.1 Å². The first-order chi connectivity index (χ1) is 7.88. The fraction of sp³-hybridized carbons (Fsp3) is 0.111. The summed E-state index contributed by atoms with van der Waals surface area (Å²) in [4.78, 5) is 25.1. The van der Waals surface area contributed by atoms with Crippen LogP contribution in [-0.2, 0) is 10.1 Å². The molecule has 0 atom stereocenters. The summed E-state index contributed by atoms with van der Waals surface area (Å²) in [6.45, 7) is 0. The molecular formula is C9H8N2O5S. The Morgan fingerprint density at radius 2 is 1.88 bits per heavy atom. The maximum absolute atomic E-state index is 11.5. The van der Waals surface area contributed by atoms with Crippen molar-refractivity contribution in [1.29, 1.82) is 0 Å². The number of fused-ring (bicyclic) bond motifs is 1. The van der Waals surface area contributed by atoms with Gasteiger partial charge in [-0.15, -0.1) is 4.73 Å². The molecule has 90 valence electrons. The fourth-order valence-electron chi connectivity index (χ4n) is 1.34. The van der Waals surface area contributed by atoms with E-state index in [0.717, 1.165) is 6.26 Å². The number of aromatic amines is 1. The van der Waals surface area contributed by atoms with Crippen molar-refractivity contribution in [3.8, 4) is 0 Å². The van der Waals surface area contributed by atoms with E-state index in [1.165, 1.54) is 12.1 Å². The van der Waals surface area contributed by atoms with Gasteiger partial charge in [-0.3, -0.25) is 13.9 Å². The summed E-state index contributed by atoms with van der Waals surface area (Å²) >= 11 is 0. The van der Waals surface area contributed by atoms with Gasteiger partial charge in [-0.1, -0.05) is 12.1 Å². The second-order valence-corrected chi connectivity index (χ2v) is 4.91. The molecule has 0 unspecified atom stereocenters. The van der Waals surface area contributed by atoms with Crippen LogP contribution in [0.15, 0.2) is 33.9 Å². The molecule has 1 aromatic heterocycles. The van der Waals surface area contributed by atoms with E-state index < -0.39 is 21.2 Å². The molecule has 0 fully saturated rings. The third kappa shape index (κ3) is 2.21. The number of hydrogen-bond donors (Lipinski definition) is 1. The number of nitrogens with zero attached hydrogens (tertiary/aromatic N) is 1. The molecule has 1 aromatic carbocycles. The van der Waals surface area contributed by atoms with Gasteiger partial charge in [0.25, 0.3) is 0 Å². The van der Waals surface area contributed by atoms with Crippen molar-refractivity contribution in [2.75, 3.05) is 6.26 Å². The molecule has 2 rings (SSSR count). The van der Waals surface area contributed by atoms with E-state index in [9.17, 15) is 18.0 Å². The van der Waals surface area contributed by atoms with Crippen molar-refractivity contribution >= 4 is 21.2 Å². The first-order valence-corrected chi connectivity index (χ1v) is 6.34. The second-order valence-electron chi connectivity index (χ2n) is 3.35. The van der Waals surface area contributed by atoms with Crippen LogP contribution >= 0.6 is 0 Å². The lowest BCUT2D eigenvalue weighted by atomic mass is 10.3. The van der Waals surface area contributed by atoms with Gasteiger partial charge in [-0.25, -0.2) is 0 Å². The van der Waals surface area contributed by atoms with Crippen LogP contribution in [0.2, 0.25) is 0 Å². The van der Waals surface area contributed by atoms with E-state index in [-0.39, 0.29) is 5.52 Å². The molecular weight excluding hydrogens is 248 g/mol. The summed E-state index contributed by atoms with van der Waals surface area (Å²) in [5.74, 6) is 0. The monoisotopic (exact) mass is 256 g/mol. The molecule has 0 amide bonds. The highest BCUT2D eigenvalue weighted by Crippen LogP contribution is 2.06. The average Bonchev–Trinajstić information content (AvgIpc) is 2.23. The van der Waals surface area contributed by atoms with Gasteiger partial charge in [0.2, 0.25) is 0 Å². The molecule has 0 aliphatic rings. The zero-order valence-corrected chi connectivity index (χ0v) is 9.52. The highest BCUT2D eigenvalue weighted by atomic mass is 32.2. The number of benzene rings is 1. The van der Waals surface area contributed by atoms with Gasteiger partial charge in [0, 0.05) is 0 Å². The predicted octanol–water partition coefficient (Wildman–Crippen LogP) is -0.922. The minimum atomic E-state index is -3.90. The van der Waals surface area contributed by atoms with Crippen LogP contribution in [0.3, 0.4) is 0 Å². The van der Waals surface area contributed by atoms with E-state index in [4.69, 9.17) is 0 Å². The average molecular weight is 256 g/mol. The van der Waals surface area contributed by atoms with Crippen molar-refractivity contribution < 1.29 is 12.7 Å². The van der Waals surface area contributed by atoms with Gasteiger partial charge in [-0.2, -0.15) is 8.42 Å². The summed E-state index contributed by atoms with van der Waals surface area (Å²) < 4.78 is 27.0. The van der Waals surface area contributed by atoms with Gasteiger partial charge in [0.15, 0.2) is 0 Å². The Morgan fingerprint density at radius 1 is 1.24 bits per heavy atom. The first-order valence-electron chi connectivity index (χ1n) is 4.52. The third-order valence-corrected chi connectivity index (χ3v) is 2.38. The van der Waals surface area contributed by atoms with Gasteiger partial charge >= 0.3 is 21.2 Å². The predicted molar refractivity (Wildman–Crippen MR) is 60.3 cm³/mol. The van der Waals surface area contributed by atoms with E-state index in [1.807, 2.05) is 0 Å². The van der Waals surface area contributed by atoms with Gasteiger partial charge in [0.05, 0.1) is 11.8 Å². The molecule has 0 aliphatic carbocycles. The van der Waals surface area contributed by atoms with Crippen LogP contribution < -0.4 is 15.4 Å². The van der Waals surface area contributed by atoms with Crippen molar-refractivity contribution in [2.45, 2.75) is 0 Å². The normalized spacial score (nSPS) is 11.6. The largest absolute Gasteiger partial charge is 0.350 e. The summed E-state index contributed by atoms with van der Waals surface area (Å²) in [5.41, 5.74) is -1.57. The Labute approximate surface area is 95.4 Å². The van der Waals surface area contributed by atoms with Gasteiger partial charge < -0.3 is 4.98 Å². The highest BCUT2D eigenvalue weighted by Gasteiger charge is 2.12. The Balaban J connectivity index is 2.89. The molecule has 0 spiro atoms. The fourth-order valence-corrected chi connectivity index (χ4v) is 1.76. The lowest BCUT2D eigenvalue weighted by Gasteiger charge is -2.07. The zero-order chi connectivity index (χ0) is 12.6. The summed E-state index contributed by atoms with van der Waals surface area (Å²) in [6, 6.07) is 6.20. The molecule has 0 saturated carbocycles. The summed E-state index contributed by atoms with van der Waals surface area (Å²) in [5, 5.41) is 0. The SMILES string of the molecule is CS(=O)(=O)On1c(=O)c(=O)[nH]c2ccccc21. The highest BCUT2D eigenvalue weighted by molar-refractivity contribution is 7.86. The molecule has 1 N–H and O–H groups in total. The molecule has 0 saturated heterocycles. The Kier molecular flexibility index (Phi) is 2.50. The summed E-state index contributed by atoms with van der Waals surface area (Å²) in [6.07, 6.45) is 0.787. The van der Waals surface area contributed by atoms with E-state index in [2.05, 4.69) is 9.27 Å². The Bertz CT molecular complexity index is 787. The number of hydrogen-bond acceptors (Lipinski definition) is 5. The quantitative estimate of drug-likeness (QED) is 0.700. The summed E-state index contributed by atoms with van der Waals surface area (Å²) in [7, 11) is -3.90. The number of aromatic nitrogens is 2. The smallest absolute Gasteiger partial charge is 0.316 e.